The van der Waals surface area contributed by atoms with Crippen LogP contribution < -0.4 is 11.3 Å². The Balaban J connectivity index is 2.52. The first-order chi connectivity index (χ1) is 5.88. The molecule has 1 aromatic heterocycles. The Morgan fingerprint density at radius 1 is 1.75 bits per heavy atom. The summed E-state index contributed by atoms with van der Waals surface area (Å²) >= 11 is 0. The van der Waals surface area contributed by atoms with Gasteiger partial charge in [-0.1, -0.05) is 0 Å². The van der Waals surface area contributed by atoms with Crippen LogP contribution in [0.2, 0.25) is 0 Å². The molecule has 0 saturated heterocycles. The third-order valence-electron chi connectivity index (χ3n) is 1.72. The summed E-state index contributed by atoms with van der Waals surface area (Å²) < 4.78 is 4.93. The maximum absolute atomic E-state index is 5.34. The minimum absolute atomic E-state index is 0.0970. The number of nitrogens with one attached hydrogen (secondary N) is 1. The van der Waals surface area contributed by atoms with Crippen molar-refractivity contribution in [2.75, 3.05) is 0 Å². The largest absolute Gasteiger partial charge is 0.472 e. The van der Waals surface area contributed by atoms with Crippen molar-refractivity contribution in [2.24, 2.45) is 5.84 Å². The minimum Gasteiger partial charge on any atom is -0.472 e. The summed E-state index contributed by atoms with van der Waals surface area (Å²) in [6.45, 7) is 0. The molecule has 1 heterocycles. The predicted molar refractivity (Wildman–Crippen MR) is 46.8 cm³/mol. The van der Waals surface area contributed by atoms with E-state index in [4.69, 9.17) is 16.7 Å². The van der Waals surface area contributed by atoms with Gasteiger partial charge in [-0.05, 0) is 12.5 Å². The Hall–Kier alpha value is -1.24. The fourth-order valence-electron chi connectivity index (χ4n) is 1.05. The van der Waals surface area contributed by atoms with Crippen LogP contribution in [0.5, 0.6) is 0 Å². The van der Waals surface area contributed by atoms with Crippen molar-refractivity contribution in [1.82, 2.24) is 5.43 Å². The van der Waals surface area contributed by atoms with Gasteiger partial charge in [0.1, 0.15) is 0 Å². The second-order valence-electron chi connectivity index (χ2n) is 2.52. The Kier molecular flexibility index (Phi) is 3.39. The average molecular weight is 164 g/mol. The lowest BCUT2D eigenvalue weighted by Crippen LogP contribution is -2.27. The summed E-state index contributed by atoms with van der Waals surface area (Å²) in [5.41, 5.74) is 3.72. The Bertz CT molecular complexity index is 248. The topological polar surface area (TPSA) is 51.2 Å². The first-order valence-electron chi connectivity index (χ1n) is 3.80. The second-order valence-corrected chi connectivity index (χ2v) is 2.52. The summed E-state index contributed by atoms with van der Waals surface area (Å²) in [7, 11) is 0. The fraction of sp³-hybridized carbons (Fsp3) is 0.333. The standard InChI is InChI=1S/C9H12N2O/c1-2-3-4-9(11-10)8-5-6-12-7-8/h1,5-7,9,11H,3-4,10H2. The van der Waals surface area contributed by atoms with E-state index in [0.717, 1.165) is 12.0 Å². The van der Waals surface area contributed by atoms with Crippen LogP contribution in [-0.4, -0.2) is 0 Å². The zero-order chi connectivity index (χ0) is 8.81. The van der Waals surface area contributed by atoms with E-state index in [1.807, 2.05) is 6.07 Å². The van der Waals surface area contributed by atoms with Gasteiger partial charge in [-0.2, -0.15) is 0 Å². The van der Waals surface area contributed by atoms with E-state index < -0.39 is 0 Å². The molecule has 0 aromatic carbocycles. The van der Waals surface area contributed by atoms with Gasteiger partial charge in [0.2, 0.25) is 0 Å². The molecular formula is C9H12N2O. The van der Waals surface area contributed by atoms with Crippen molar-refractivity contribution in [2.45, 2.75) is 18.9 Å². The smallest absolute Gasteiger partial charge is 0.0950 e. The molecule has 0 saturated carbocycles. The summed E-state index contributed by atoms with van der Waals surface area (Å²) in [4.78, 5) is 0. The van der Waals surface area contributed by atoms with E-state index in [2.05, 4.69) is 11.3 Å². The first kappa shape index (κ1) is 8.85. The number of hydrazine groups is 1. The normalized spacial score (nSPS) is 12.3. The highest BCUT2D eigenvalue weighted by atomic mass is 16.3. The van der Waals surface area contributed by atoms with Gasteiger partial charge < -0.3 is 4.42 Å². The Morgan fingerprint density at radius 3 is 3.08 bits per heavy atom. The molecule has 1 unspecified atom stereocenters. The summed E-state index contributed by atoms with van der Waals surface area (Å²) in [5, 5.41) is 0. The molecule has 3 nitrogen and oxygen atoms in total. The van der Waals surface area contributed by atoms with E-state index in [-0.39, 0.29) is 6.04 Å². The maximum Gasteiger partial charge on any atom is 0.0950 e. The molecule has 0 aliphatic rings. The maximum atomic E-state index is 5.34. The monoisotopic (exact) mass is 164 g/mol. The Labute approximate surface area is 71.9 Å². The third kappa shape index (κ3) is 2.12. The van der Waals surface area contributed by atoms with Gasteiger partial charge in [0.05, 0.1) is 18.6 Å². The highest BCUT2D eigenvalue weighted by Crippen LogP contribution is 2.17. The SMILES string of the molecule is C#CCCC(NN)c1ccoc1. The zero-order valence-electron chi connectivity index (χ0n) is 6.79. The molecular weight excluding hydrogens is 152 g/mol. The van der Waals surface area contributed by atoms with E-state index in [0.29, 0.717) is 6.42 Å². The molecule has 64 valence electrons. The molecule has 1 rings (SSSR count). The molecule has 12 heavy (non-hydrogen) atoms. The summed E-state index contributed by atoms with van der Waals surface area (Å²) in [6, 6.07) is 1.97. The fourth-order valence-corrected chi connectivity index (χ4v) is 1.05. The van der Waals surface area contributed by atoms with Crippen molar-refractivity contribution >= 4 is 0 Å². The average Bonchev–Trinajstić information content (AvgIpc) is 2.59. The molecule has 1 atom stereocenters. The van der Waals surface area contributed by atoms with E-state index >= 15 is 0 Å². The molecule has 0 radical (unpaired) electrons. The molecule has 0 bridgehead atoms. The first-order valence-corrected chi connectivity index (χ1v) is 3.80. The number of furan rings is 1. The van der Waals surface area contributed by atoms with Gasteiger partial charge in [0, 0.05) is 12.0 Å². The number of hydrogen-bond donors (Lipinski definition) is 2. The number of terminal acetylenes is 1. The van der Waals surface area contributed by atoms with Gasteiger partial charge in [-0.15, -0.1) is 12.3 Å². The summed E-state index contributed by atoms with van der Waals surface area (Å²) in [5.74, 6) is 7.91. The van der Waals surface area contributed by atoms with Crippen LogP contribution in [-0.2, 0) is 0 Å². The van der Waals surface area contributed by atoms with E-state index in [1.165, 1.54) is 0 Å². The van der Waals surface area contributed by atoms with Crippen LogP contribution in [0, 0.1) is 12.3 Å². The molecule has 3 N–H and O–H groups in total. The van der Waals surface area contributed by atoms with Gasteiger partial charge >= 0.3 is 0 Å². The highest BCUT2D eigenvalue weighted by molar-refractivity contribution is 5.11. The molecule has 1 aromatic rings. The number of hydrogen-bond acceptors (Lipinski definition) is 3. The summed E-state index contributed by atoms with van der Waals surface area (Å²) in [6.07, 6.45) is 9.97. The molecule has 0 aliphatic heterocycles. The Morgan fingerprint density at radius 2 is 2.58 bits per heavy atom. The van der Waals surface area contributed by atoms with Gasteiger partial charge in [-0.25, -0.2) is 0 Å². The molecule has 0 amide bonds. The highest BCUT2D eigenvalue weighted by Gasteiger charge is 2.08. The van der Waals surface area contributed by atoms with Crippen LogP contribution in [0.4, 0.5) is 0 Å². The quantitative estimate of drug-likeness (QED) is 0.399. The van der Waals surface area contributed by atoms with Crippen molar-refractivity contribution in [1.29, 1.82) is 0 Å². The number of rotatable bonds is 4. The van der Waals surface area contributed by atoms with Crippen LogP contribution in [0.15, 0.2) is 23.0 Å². The second kappa shape index (κ2) is 4.60. The van der Waals surface area contributed by atoms with Gasteiger partial charge in [-0.3, -0.25) is 11.3 Å². The molecule has 0 spiro atoms. The minimum atomic E-state index is 0.0970. The van der Waals surface area contributed by atoms with Crippen molar-refractivity contribution in [3.8, 4) is 12.3 Å². The van der Waals surface area contributed by atoms with Crippen molar-refractivity contribution < 1.29 is 4.42 Å². The lowest BCUT2D eigenvalue weighted by atomic mass is 10.1. The molecule has 0 fully saturated rings. The van der Waals surface area contributed by atoms with E-state index in [9.17, 15) is 0 Å². The van der Waals surface area contributed by atoms with Crippen molar-refractivity contribution in [3.05, 3.63) is 24.2 Å². The van der Waals surface area contributed by atoms with Crippen LogP contribution in [0.3, 0.4) is 0 Å². The molecule has 0 aliphatic carbocycles. The number of nitrogens with two attached hydrogens (primary N) is 1. The lowest BCUT2D eigenvalue weighted by Gasteiger charge is -2.11. The van der Waals surface area contributed by atoms with Crippen LogP contribution in [0.25, 0.3) is 0 Å². The van der Waals surface area contributed by atoms with E-state index in [1.54, 1.807) is 12.5 Å². The zero-order valence-corrected chi connectivity index (χ0v) is 6.79. The third-order valence-corrected chi connectivity index (χ3v) is 1.72. The van der Waals surface area contributed by atoms with Crippen LogP contribution >= 0.6 is 0 Å². The lowest BCUT2D eigenvalue weighted by molar-refractivity contribution is 0.507. The van der Waals surface area contributed by atoms with Gasteiger partial charge in [0.15, 0.2) is 0 Å². The van der Waals surface area contributed by atoms with Gasteiger partial charge in [0.25, 0.3) is 0 Å². The predicted octanol–water partition coefficient (Wildman–Crippen LogP) is 1.20. The molecule has 3 heteroatoms. The van der Waals surface area contributed by atoms with Crippen LogP contribution in [0.1, 0.15) is 24.4 Å². The van der Waals surface area contributed by atoms with Crippen molar-refractivity contribution in [3.63, 3.8) is 0 Å².